The highest BCUT2D eigenvalue weighted by Crippen LogP contribution is 2.30. The number of sulfonamides is 1. The summed E-state index contributed by atoms with van der Waals surface area (Å²) in [5.74, 6) is 0.290. The van der Waals surface area contributed by atoms with Gasteiger partial charge in [-0.15, -0.1) is 0 Å². The number of aryl methyl sites for hydroxylation is 1. The SMILES string of the molecule is CCOc1cc(C)c(Cl)cc1S(=O)(=O)NCc1ccccn1. The van der Waals surface area contributed by atoms with Gasteiger partial charge in [-0.05, 0) is 43.7 Å². The minimum Gasteiger partial charge on any atom is -0.492 e. The molecule has 1 heterocycles. The van der Waals surface area contributed by atoms with Crippen LogP contribution in [-0.2, 0) is 16.6 Å². The maximum Gasteiger partial charge on any atom is 0.244 e. The molecule has 0 fully saturated rings. The molecule has 0 spiro atoms. The highest BCUT2D eigenvalue weighted by Gasteiger charge is 2.21. The zero-order chi connectivity index (χ0) is 16.2. The van der Waals surface area contributed by atoms with Gasteiger partial charge in [-0.2, -0.15) is 0 Å². The van der Waals surface area contributed by atoms with Crippen LogP contribution < -0.4 is 9.46 Å². The molecule has 22 heavy (non-hydrogen) atoms. The molecule has 0 saturated heterocycles. The summed E-state index contributed by atoms with van der Waals surface area (Å²) in [5, 5.41) is 0.377. The highest BCUT2D eigenvalue weighted by molar-refractivity contribution is 7.89. The van der Waals surface area contributed by atoms with Crippen LogP contribution in [0.4, 0.5) is 0 Å². The lowest BCUT2D eigenvalue weighted by atomic mass is 10.2. The summed E-state index contributed by atoms with van der Waals surface area (Å²) in [6.07, 6.45) is 1.61. The van der Waals surface area contributed by atoms with Gasteiger partial charge >= 0.3 is 0 Å². The molecule has 0 aliphatic rings. The Morgan fingerprint density at radius 2 is 2.09 bits per heavy atom. The quantitative estimate of drug-likeness (QED) is 0.877. The van der Waals surface area contributed by atoms with Gasteiger partial charge in [0, 0.05) is 11.2 Å². The average Bonchev–Trinajstić information content (AvgIpc) is 2.50. The van der Waals surface area contributed by atoms with Crippen molar-refractivity contribution in [3.05, 3.63) is 52.8 Å². The Morgan fingerprint density at radius 3 is 2.73 bits per heavy atom. The topological polar surface area (TPSA) is 68.3 Å². The third kappa shape index (κ3) is 3.97. The van der Waals surface area contributed by atoms with E-state index < -0.39 is 10.0 Å². The van der Waals surface area contributed by atoms with E-state index in [0.717, 1.165) is 5.56 Å². The van der Waals surface area contributed by atoms with Gasteiger partial charge in [-0.1, -0.05) is 17.7 Å². The summed E-state index contributed by atoms with van der Waals surface area (Å²) in [6, 6.07) is 8.34. The Morgan fingerprint density at radius 1 is 1.32 bits per heavy atom. The second-order valence-corrected chi connectivity index (χ2v) is 6.77. The lowest BCUT2D eigenvalue weighted by Crippen LogP contribution is -2.24. The highest BCUT2D eigenvalue weighted by atomic mass is 35.5. The van der Waals surface area contributed by atoms with Crippen LogP contribution in [-0.4, -0.2) is 20.0 Å². The van der Waals surface area contributed by atoms with E-state index in [4.69, 9.17) is 16.3 Å². The summed E-state index contributed by atoms with van der Waals surface area (Å²) in [5.41, 5.74) is 1.39. The lowest BCUT2D eigenvalue weighted by Gasteiger charge is -2.13. The third-order valence-electron chi connectivity index (χ3n) is 2.98. The fourth-order valence-electron chi connectivity index (χ4n) is 1.86. The second kappa shape index (κ2) is 7.09. The van der Waals surface area contributed by atoms with Crippen LogP contribution >= 0.6 is 11.6 Å². The first kappa shape index (κ1) is 16.7. The molecule has 0 aliphatic carbocycles. The molecule has 118 valence electrons. The Hall–Kier alpha value is -1.63. The molecule has 0 atom stereocenters. The smallest absolute Gasteiger partial charge is 0.244 e. The molecule has 0 amide bonds. The first-order chi connectivity index (χ1) is 10.4. The van der Waals surface area contributed by atoms with E-state index in [9.17, 15) is 8.42 Å². The number of hydrogen-bond acceptors (Lipinski definition) is 4. The van der Waals surface area contributed by atoms with E-state index in [1.54, 1.807) is 44.3 Å². The average molecular weight is 341 g/mol. The van der Waals surface area contributed by atoms with Gasteiger partial charge in [0.2, 0.25) is 10.0 Å². The van der Waals surface area contributed by atoms with Crippen molar-refractivity contribution < 1.29 is 13.2 Å². The van der Waals surface area contributed by atoms with Crippen molar-refractivity contribution in [2.24, 2.45) is 0 Å². The van der Waals surface area contributed by atoms with E-state index in [1.165, 1.54) is 6.07 Å². The van der Waals surface area contributed by atoms with Crippen LogP contribution in [0.1, 0.15) is 18.2 Å². The normalized spacial score (nSPS) is 11.4. The number of hydrogen-bond donors (Lipinski definition) is 1. The maximum atomic E-state index is 12.5. The standard InChI is InChI=1S/C15H17ClN2O3S/c1-3-21-14-8-11(2)13(16)9-15(14)22(19,20)18-10-12-6-4-5-7-17-12/h4-9,18H,3,10H2,1-2H3. The van der Waals surface area contributed by atoms with E-state index in [0.29, 0.717) is 17.3 Å². The van der Waals surface area contributed by atoms with Gasteiger partial charge < -0.3 is 4.74 Å². The minimum absolute atomic E-state index is 0.0286. The number of pyridine rings is 1. The molecule has 0 radical (unpaired) electrons. The summed E-state index contributed by atoms with van der Waals surface area (Å²) < 4.78 is 32.9. The molecule has 2 aromatic rings. The largest absolute Gasteiger partial charge is 0.492 e. The Balaban J connectivity index is 2.30. The first-order valence-corrected chi connectivity index (χ1v) is 8.62. The summed E-state index contributed by atoms with van der Waals surface area (Å²) in [6.45, 7) is 4.05. The van der Waals surface area contributed by atoms with Crippen molar-refractivity contribution in [1.29, 1.82) is 0 Å². The predicted molar refractivity (Wildman–Crippen MR) is 85.6 cm³/mol. The Kier molecular flexibility index (Phi) is 5.39. The monoisotopic (exact) mass is 340 g/mol. The molecular formula is C15H17ClN2O3S. The molecular weight excluding hydrogens is 324 g/mol. The van der Waals surface area contributed by atoms with Gasteiger partial charge in [0.15, 0.2) is 0 Å². The van der Waals surface area contributed by atoms with Gasteiger partial charge in [0.25, 0.3) is 0 Å². The van der Waals surface area contributed by atoms with E-state index >= 15 is 0 Å². The van der Waals surface area contributed by atoms with E-state index in [1.807, 2.05) is 0 Å². The molecule has 2 rings (SSSR count). The molecule has 0 unspecified atom stereocenters. The van der Waals surface area contributed by atoms with E-state index in [-0.39, 0.29) is 17.2 Å². The number of aromatic nitrogens is 1. The number of rotatable bonds is 6. The van der Waals surface area contributed by atoms with Crippen molar-refractivity contribution >= 4 is 21.6 Å². The number of nitrogens with one attached hydrogen (secondary N) is 1. The molecule has 1 aromatic heterocycles. The van der Waals surface area contributed by atoms with Gasteiger partial charge in [-0.3, -0.25) is 4.98 Å². The van der Waals surface area contributed by atoms with Crippen LogP contribution in [0, 0.1) is 6.92 Å². The summed E-state index contributed by atoms with van der Waals surface area (Å²) in [7, 11) is -3.75. The molecule has 0 saturated carbocycles. The number of benzene rings is 1. The van der Waals surface area contributed by atoms with Crippen LogP contribution in [0.2, 0.25) is 5.02 Å². The zero-order valence-corrected chi connectivity index (χ0v) is 13.9. The molecule has 7 heteroatoms. The fourth-order valence-corrected chi connectivity index (χ4v) is 3.24. The first-order valence-electron chi connectivity index (χ1n) is 6.76. The van der Waals surface area contributed by atoms with Crippen LogP contribution in [0.3, 0.4) is 0 Å². The van der Waals surface area contributed by atoms with Gasteiger partial charge in [0.1, 0.15) is 10.6 Å². The van der Waals surface area contributed by atoms with Crippen LogP contribution in [0.15, 0.2) is 41.4 Å². The van der Waals surface area contributed by atoms with Crippen molar-refractivity contribution in [2.75, 3.05) is 6.61 Å². The minimum atomic E-state index is -3.75. The van der Waals surface area contributed by atoms with Crippen molar-refractivity contribution in [1.82, 2.24) is 9.71 Å². The van der Waals surface area contributed by atoms with Crippen LogP contribution in [0.25, 0.3) is 0 Å². The Bertz CT molecular complexity index is 749. The lowest BCUT2D eigenvalue weighted by molar-refractivity contribution is 0.330. The summed E-state index contributed by atoms with van der Waals surface area (Å²) in [4.78, 5) is 4.11. The van der Waals surface area contributed by atoms with Crippen molar-refractivity contribution in [3.8, 4) is 5.75 Å². The van der Waals surface area contributed by atoms with Crippen molar-refractivity contribution in [3.63, 3.8) is 0 Å². The summed E-state index contributed by atoms with van der Waals surface area (Å²) >= 11 is 6.05. The molecule has 0 aliphatic heterocycles. The number of nitrogens with zero attached hydrogens (tertiary/aromatic N) is 1. The van der Waals surface area contributed by atoms with Gasteiger partial charge in [0.05, 0.1) is 18.8 Å². The maximum absolute atomic E-state index is 12.5. The molecule has 1 N–H and O–H groups in total. The van der Waals surface area contributed by atoms with Crippen LogP contribution in [0.5, 0.6) is 5.75 Å². The second-order valence-electron chi connectivity index (χ2n) is 4.63. The third-order valence-corrected chi connectivity index (χ3v) is 4.81. The predicted octanol–water partition coefficient (Wildman–Crippen LogP) is 2.92. The Labute approximate surface area is 135 Å². The van der Waals surface area contributed by atoms with E-state index in [2.05, 4.69) is 9.71 Å². The number of halogens is 1. The zero-order valence-electron chi connectivity index (χ0n) is 12.3. The molecule has 5 nitrogen and oxygen atoms in total. The van der Waals surface area contributed by atoms with Crippen molar-refractivity contribution in [2.45, 2.75) is 25.3 Å². The fraction of sp³-hybridized carbons (Fsp3) is 0.267. The molecule has 0 bridgehead atoms. The van der Waals surface area contributed by atoms with Gasteiger partial charge in [-0.25, -0.2) is 13.1 Å². The molecule has 1 aromatic carbocycles. The number of ether oxygens (including phenoxy) is 1.